The highest BCUT2D eigenvalue weighted by atomic mass is 16.3. The molecule has 6 nitrogen and oxygen atoms in total. The molecule has 0 aromatic heterocycles. The Morgan fingerprint density at radius 2 is 2.31 bits per heavy atom. The molecular weight excluding hydrogens is 210 g/mol. The molecule has 2 aliphatic rings. The van der Waals surface area contributed by atoms with E-state index in [2.05, 4.69) is 5.32 Å². The third-order valence-electron chi connectivity index (χ3n) is 3.21. The summed E-state index contributed by atoms with van der Waals surface area (Å²) < 4.78 is 0. The zero-order chi connectivity index (χ0) is 11.5. The number of likely N-dealkylation sites (tertiary alicyclic amines) is 1. The standard InChI is InChI=1S/C10H17N3O3/c14-7-8-2-1-4-12(8)6-9(15)13-5-3-11-10(13)16/h8,14H,1-7H2,(H,11,16)/t8-/m1/s1. The van der Waals surface area contributed by atoms with Gasteiger partial charge in [-0.2, -0.15) is 0 Å². The normalized spacial score (nSPS) is 26.2. The van der Waals surface area contributed by atoms with E-state index >= 15 is 0 Å². The SMILES string of the molecule is O=C(CN1CCC[C@@H]1CO)N1CCNC1=O. The first-order valence-electron chi connectivity index (χ1n) is 5.65. The summed E-state index contributed by atoms with van der Waals surface area (Å²) >= 11 is 0. The lowest BCUT2D eigenvalue weighted by Gasteiger charge is -2.23. The molecule has 0 radical (unpaired) electrons. The molecule has 2 fully saturated rings. The molecule has 3 amide bonds. The molecule has 90 valence electrons. The molecule has 2 aliphatic heterocycles. The largest absolute Gasteiger partial charge is 0.395 e. The number of nitrogens with zero attached hydrogens (tertiary/aromatic N) is 2. The monoisotopic (exact) mass is 227 g/mol. The van der Waals surface area contributed by atoms with Gasteiger partial charge in [-0.25, -0.2) is 4.79 Å². The Kier molecular flexibility index (Phi) is 3.40. The summed E-state index contributed by atoms with van der Waals surface area (Å²) in [4.78, 5) is 26.3. The van der Waals surface area contributed by atoms with Crippen molar-refractivity contribution in [2.75, 3.05) is 32.8 Å². The first-order chi connectivity index (χ1) is 7.72. The lowest BCUT2D eigenvalue weighted by atomic mass is 10.2. The van der Waals surface area contributed by atoms with Crippen LogP contribution in [-0.4, -0.2) is 65.7 Å². The van der Waals surface area contributed by atoms with Crippen LogP contribution in [0.1, 0.15) is 12.8 Å². The van der Waals surface area contributed by atoms with E-state index in [0.29, 0.717) is 13.1 Å². The van der Waals surface area contributed by atoms with Crippen LogP contribution in [0.3, 0.4) is 0 Å². The molecule has 0 aromatic carbocycles. The van der Waals surface area contributed by atoms with Crippen molar-refractivity contribution in [3.63, 3.8) is 0 Å². The van der Waals surface area contributed by atoms with E-state index < -0.39 is 0 Å². The van der Waals surface area contributed by atoms with Crippen molar-refractivity contribution in [1.29, 1.82) is 0 Å². The first kappa shape index (κ1) is 11.3. The minimum atomic E-state index is -0.301. The van der Waals surface area contributed by atoms with Gasteiger partial charge in [0.2, 0.25) is 5.91 Å². The number of aliphatic hydroxyl groups is 1. The summed E-state index contributed by atoms with van der Waals surface area (Å²) in [6, 6.07) is -0.223. The van der Waals surface area contributed by atoms with E-state index in [9.17, 15) is 9.59 Å². The summed E-state index contributed by atoms with van der Waals surface area (Å²) in [7, 11) is 0. The van der Waals surface area contributed by atoms with E-state index in [1.54, 1.807) is 0 Å². The Morgan fingerprint density at radius 3 is 2.94 bits per heavy atom. The van der Waals surface area contributed by atoms with Crippen molar-refractivity contribution in [3.8, 4) is 0 Å². The van der Waals surface area contributed by atoms with Gasteiger partial charge in [0.05, 0.1) is 13.2 Å². The maximum Gasteiger partial charge on any atom is 0.324 e. The van der Waals surface area contributed by atoms with Gasteiger partial charge < -0.3 is 10.4 Å². The fraction of sp³-hybridized carbons (Fsp3) is 0.800. The molecule has 2 N–H and O–H groups in total. The van der Waals surface area contributed by atoms with Crippen LogP contribution in [-0.2, 0) is 4.79 Å². The minimum absolute atomic E-state index is 0.0783. The summed E-state index contributed by atoms with van der Waals surface area (Å²) in [6.45, 7) is 2.13. The van der Waals surface area contributed by atoms with Crippen molar-refractivity contribution in [2.24, 2.45) is 0 Å². The summed E-state index contributed by atoms with van der Waals surface area (Å²) in [5.41, 5.74) is 0. The first-order valence-corrected chi connectivity index (χ1v) is 5.65. The number of nitrogens with one attached hydrogen (secondary N) is 1. The van der Waals surface area contributed by atoms with Crippen LogP contribution in [0.5, 0.6) is 0 Å². The molecule has 0 aromatic rings. The highest BCUT2D eigenvalue weighted by molar-refractivity contribution is 5.96. The number of carbonyl (C=O) groups is 2. The Morgan fingerprint density at radius 1 is 1.50 bits per heavy atom. The highest BCUT2D eigenvalue weighted by Crippen LogP contribution is 2.16. The van der Waals surface area contributed by atoms with Crippen LogP contribution >= 0.6 is 0 Å². The second kappa shape index (κ2) is 4.80. The van der Waals surface area contributed by atoms with Crippen molar-refractivity contribution >= 4 is 11.9 Å². The molecule has 1 atom stereocenters. The van der Waals surface area contributed by atoms with Crippen LogP contribution in [0.4, 0.5) is 4.79 Å². The van der Waals surface area contributed by atoms with Gasteiger partial charge in [0, 0.05) is 19.1 Å². The highest BCUT2D eigenvalue weighted by Gasteiger charge is 2.31. The van der Waals surface area contributed by atoms with Crippen LogP contribution < -0.4 is 5.32 Å². The molecule has 16 heavy (non-hydrogen) atoms. The smallest absolute Gasteiger partial charge is 0.324 e. The Balaban J connectivity index is 1.89. The average Bonchev–Trinajstić information content (AvgIpc) is 2.86. The molecular formula is C10H17N3O3. The fourth-order valence-electron chi connectivity index (χ4n) is 2.28. The van der Waals surface area contributed by atoms with Gasteiger partial charge in [0.1, 0.15) is 0 Å². The number of hydrogen-bond acceptors (Lipinski definition) is 4. The number of carbonyl (C=O) groups excluding carboxylic acids is 2. The van der Waals surface area contributed by atoms with E-state index in [1.165, 1.54) is 4.90 Å². The quantitative estimate of drug-likeness (QED) is 0.648. The summed E-state index contributed by atoms with van der Waals surface area (Å²) in [5, 5.41) is 11.7. The third-order valence-corrected chi connectivity index (χ3v) is 3.21. The van der Waals surface area contributed by atoms with Gasteiger partial charge in [-0.3, -0.25) is 14.6 Å². The maximum atomic E-state index is 11.8. The molecule has 6 heteroatoms. The number of urea groups is 1. The summed E-state index contributed by atoms with van der Waals surface area (Å²) in [5.74, 6) is -0.171. The zero-order valence-corrected chi connectivity index (χ0v) is 9.19. The molecule has 2 heterocycles. The van der Waals surface area contributed by atoms with E-state index in [-0.39, 0.29) is 31.1 Å². The minimum Gasteiger partial charge on any atom is -0.395 e. The molecule has 0 aliphatic carbocycles. The van der Waals surface area contributed by atoms with Crippen LogP contribution in [0.25, 0.3) is 0 Å². The number of rotatable bonds is 3. The number of imide groups is 1. The van der Waals surface area contributed by atoms with Gasteiger partial charge in [0.15, 0.2) is 0 Å². The number of amides is 3. The van der Waals surface area contributed by atoms with Gasteiger partial charge in [-0.15, -0.1) is 0 Å². The second-order valence-electron chi connectivity index (χ2n) is 4.23. The Bertz CT molecular complexity index is 295. The zero-order valence-electron chi connectivity index (χ0n) is 9.19. The molecule has 0 saturated carbocycles. The lowest BCUT2D eigenvalue weighted by Crippen LogP contribution is -2.44. The van der Waals surface area contributed by atoms with Crippen molar-refractivity contribution in [1.82, 2.24) is 15.1 Å². The molecule has 0 spiro atoms. The van der Waals surface area contributed by atoms with E-state index in [0.717, 1.165) is 19.4 Å². The lowest BCUT2D eigenvalue weighted by molar-refractivity contribution is -0.129. The summed E-state index contributed by atoms with van der Waals surface area (Å²) in [6.07, 6.45) is 1.93. The molecule has 2 rings (SSSR count). The van der Waals surface area contributed by atoms with Gasteiger partial charge in [0.25, 0.3) is 0 Å². The van der Waals surface area contributed by atoms with Crippen LogP contribution in [0.2, 0.25) is 0 Å². The topological polar surface area (TPSA) is 72.9 Å². The van der Waals surface area contributed by atoms with Crippen LogP contribution in [0, 0.1) is 0 Å². The van der Waals surface area contributed by atoms with E-state index in [4.69, 9.17) is 5.11 Å². The Labute approximate surface area is 94.2 Å². The molecule has 2 saturated heterocycles. The average molecular weight is 227 g/mol. The number of aliphatic hydroxyl groups excluding tert-OH is 1. The van der Waals surface area contributed by atoms with Gasteiger partial charge >= 0.3 is 6.03 Å². The van der Waals surface area contributed by atoms with Crippen molar-refractivity contribution in [3.05, 3.63) is 0 Å². The van der Waals surface area contributed by atoms with Gasteiger partial charge in [-0.1, -0.05) is 0 Å². The van der Waals surface area contributed by atoms with E-state index in [1.807, 2.05) is 4.90 Å². The second-order valence-corrected chi connectivity index (χ2v) is 4.23. The predicted molar refractivity (Wildman–Crippen MR) is 56.8 cm³/mol. The molecule has 0 bridgehead atoms. The third kappa shape index (κ3) is 2.17. The van der Waals surface area contributed by atoms with Crippen LogP contribution in [0.15, 0.2) is 0 Å². The number of hydrogen-bond donors (Lipinski definition) is 2. The van der Waals surface area contributed by atoms with Crippen molar-refractivity contribution in [2.45, 2.75) is 18.9 Å². The predicted octanol–water partition coefficient (Wildman–Crippen LogP) is -1.01. The fourth-order valence-corrected chi connectivity index (χ4v) is 2.28. The van der Waals surface area contributed by atoms with Crippen molar-refractivity contribution < 1.29 is 14.7 Å². The molecule has 0 unspecified atom stereocenters. The Hall–Kier alpha value is -1.14. The maximum absolute atomic E-state index is 11.8. The van der Waals surface area contributed by atoms with Gasteiger partial charge in [-0.05, 0) is 19.4 Å².